The highest BCUT2D eigenvalue weighted by Crippen LogP contribution is 2.17. The number of hydrogen-bond donors (Lipinski definition) is 1. The maximum absolute atomic E-state index is 12.0. The molecule has 0 atom stereocenters. The van der Waals surface area contributed by atoms with Gasteiger partial charge in [-0.3, -0.25) is 4.79 Å². The molecule has 0 saturated carbocycles. The largest absolute Gasteiger partial charge is 0.352 e. The molecule has 5 heteroatoms. The Morgan fingerprint density at radius 3 is 2.81 bits per heavy atom. The van der Waals surface area contributed by atoms with Crippen molar-refractivity contribution in [3.8, 4) is 12.3 Å². The Balaban J connectivity index is 2.06. The first-order chi connectivity index (χ1) is 10.2. The molecular formula is C16H14N4O. The zero-order chi connectivity index (χ0) is 15.1. The van der Waals surface area contributed by atoms with Crippen LogP contribution in [0.15, 0.2) is 41.5 Å². The zero-order valence-corrected chi connectivity index (χ0v) is 11.4. The van der Waals surface area contributed by atoms with Gasteiger partial charge < -0.3 is 5.32 Å². The lowest BCUT2D eigenvalue weighted by atomic mass is 10.0. The van der Waals surface area contributed by atoms with Crippen LogP contribution in [0.25, 0.3) is 21.2 Å². The van der Waals surface area contributed by atoms with Crippen molar-refractivity contribution in [2.24, 2.45) is 5.11 Å². The summed E-state index contributed by atoms with van der Waals surface area (Å²) in [7, 11) is 0. The van der Waals surface area contributed by atoms with Gasteiger partial charge in [0.1, 0.15) is 0 Å². The SMILES string of the molecule is C#Cc1ccc2cc(C(=O)NCCCN=[N+]=[N-])ccc2c1. The summed E-state index contributed by atoms with van der Waals surface area (Å²) in [6.07, 6.45) is 5.98. The third-order valence-corrected chi connectivity index (χ3v) is 3.05. The number of rotatable bonds is 5. The lowest BCUT2D eigenvalue weighted by Gasteiger charge is -2.06. The van der Waals surface area contributed by atoms with E-state index in [1.54, 1.807) is 6.07 Å². The third-order valence-electron chi connectivity index (χ3n) is 3.05. The number of terminal acetylenes is 1. The van der Waals surface area contributed by atoms with Crippen LogP contribution in [0.1, 0.15) is 22.3 Å². The van der Waals surface area contributed by atoms with Crippen LogP contribution in [0.4, 0.5) is 0 Å². The van der Waals surface area contributed by atoms with E-state index >= 15 is 0 Å². The molecule has 0 fully saturated rings. The fourth-order valence-corrected chi connectivity index (χ4v) is 1.98. The van der Waals surface area contributed by atoms with Crippen molar-refractivity contribution in [1.82, 2.24) is 5.32 Å². The molecule has 1 amide bonds. The van der Waals surface area contributed by atoms with Gasteiger partial charge >= 0.3 is 0 Å². The fourth-order valence-electron chi connectivity index (χ4n) is 1.98. The molecule has 0 heterocycles. The fraction of sp³-hybridized carbons (Fsp3) is 0.188. The van der Waals surface area contributed by atoms with Gasteiger partial charge in [0.2, 0.25) is 0 Å². The van der Waals surface area contributed by atoms with Crippen molar-refractivity contribution >= 4 is 16.7 Å². The molecule has 0 unspecified atom stereocenters. The van der Waals surface area contributed by atoms with Crippen LogP contribution in [0.2, 0.25) is 0 Å². The molecule has 0 aliphatic rings. The lowest BCUT2D eigenvalue weighted by Crippen LogP contribution is -2.24. The standard InChI is InChI=1S/C16H14N4O/c1-2-12-4-5-14-11-15(7-6-13(14)10-12)16(21)18-8-3-9-19-20-17/h1,4-7,10-11H,3,8-9H2,(H,18,21). The Labute approximate surface area is 122 Å². The van der Waals surface area contributed by atoms with Crippen LogP contribution < -0.4 is 5.32 Å². The summed E-state index contributed by atoms with van der Waals surface area (Å²) < 4.78 is 0. The number of azide groups is 1. The van der Waals surface area contributed by atoms with Crippen molar-refractivity contribution in [3.63, 3.8) is 0 Å². The summed E-state index contributed by atoms with van der Waals surface area (Å²) in [6, 6.07) is 11.2. The number of nitrogens with zero attached hydrogens (tertiary/aromatic N) is 3. The normalized spacial score (nSPS) is 9.67. The van der Waals surface area contributed by atoms with Gasteiger partial charge in [0.25, 0.3) is 5.91 Å². The Hall–Kier alpha value is -2.96. The minimum atomic E-state index is -0.140. The van der Waals surface area contributed by atoms with Gasteiger partial charge in [-0.2, -0.15) is 0 Å². The van der Waals surface area contributed by atoms with Gasteiger partial charge in [-0.25, -0.2) is 0 Å². The van der Waals surface area contributed by atoms with E-state index in [1.165, 1.54) is 0 Å². The molecule has 104 valence electrons. The van der Waals surface area contributed by atoms with Crippen LogP contribution in [-0.4, -0.2) is 19.0 Å². The molecule has 2 rings (SSSR count). The molecule has 0 aliphatic carbocycles. The van der Waals surface area contributed by atoms with Gasteiger partial charge in [-0.1, -0.05) is 23.2 Å². The topological polar surface area (TPSA) is 77.9 Å². The first kappa shape index (κ1) is 14.4. The highest BCUT2D eigenvalue weighted by Gasteiger charge is 2.05. The lowest BCUT2D eigenvalue weighted by molar-refractivity contribution is 0.0953. The number of nitrogens with one attached hydrogen (secondary N) is 1. The van der Waals surface area contributed by atoms with Crippen LogP contribution in [0, 0.1) is 12.3 Å². The monoisotopic (exact) mass is 278 g/mol. The van der Waals surface area contributed by atoms with Gasteiger partial charge in [0.15, 0.2) is 0 Å². The highest BCUT2D eigenvalue weighted by atomic mass is 16.1. The summed E-state index contributed by atoms with van der Waals surface area (Å²) in [5, 5.41) is 8.18. The molecule has 0 aromatic heterocycles. The molecule has 0 radical (unpaired) electrons. The van der Waals surface area contributed by atoms with Crippen LogP contribution in [0.3, 0.4) is 0 Å². The van der Waals surface area contributed by atoms with Gasteiger partial charge in [0.05, 0.1) is 0 Å². The van der Waals surface area contributed by atoms with Crippen LogP contribution >= 0.6 is 0 Å². The molecular weight excluding hydrogens is 264 g/mol. The summed E-state index contributed by atoms with van der Waals surface area (Å²) in [5.74, 6) is 2.45. The minimum absolute atomic E-state index is 0.140. The van der Waals surface area contributed by atoms with E-state index in [4.69, 9.17) is 12.0 Å². The van der Waals surface area contributed by atoms with E-state index in [2.05, 4.69) is 21.3 Å². The smallest absolute Gasteiger partial charge is 0.251 e. The number of fused-ring (bicyclic) bond motifs is 1. The molecule has 0 saturated heterocycles. The molecule has 21 heavy (non-hydrogen) atoms. The Bertz CT molecular complexity index is 754. The number of benzene rings is 2. The maximum atomic E-state index is 12.0. The van der Waals surface area contributed by atoms with Crippen molar-refractivity contribution in [1.29, 1.82) is 0 Å². The minimum Gasteiger partial charge on any atom is -0.352 e. The van der Waals surface area contributed by atoms with Crippen molar-refractivity contribution in [3.05, 3.63) is 58.0 Å². The summed E-state index contributed by atoms with van der Waals surface area (Å²) >= 11 is 0. The number of amides is 1. The van der Waals surface area contributed by atoms with E-state index in [9.17, 15) is 4.79 Å². The average Bonchev–Trinajstić information content (AvgIpc) is 2.53. The molecule has 0 spiro atoms. The second-order valence-corrected chi connectivity index (χ2v) is 4.48. The van der Waals surface area contributed by atoms with Gasteiger partial charge in [-0.15, -0.1) is 6.42 Å². The van der Waals surface area contributed by atoms with Crippen molar-refractivity contribution in [2.75, 3.05) is 13.1 Å². The van der Waals surface area contributed by atoms with Gasteiger partial charge in [0, 0.05) is 29.1 Å². The number of carbonyl (C=O) groups excluding carboxylic acids is 1. The van der Waals surface area contributed by atoms with Crippen molar-refractivity contribution < 1.29 is 4.79 Å². The van der Waals surface area contributed by atoms with E-state index in [0.717, 1.165) is 16.3 Å². The number of hydrogen-bond acceptors (Lipinski definition) is 2. The summed E-state index contributed by atoms with van der Waals surface area (Å²) in [6.45, 7) is 0.856. The molecule has 2 aromatic rings. The molecule has 0 aliphatic heterocycles. The van der Waals surface area contributed by atoms with Crippen molar-refractivity contribution in [2.45, 2.75) is 6.42 Å². The van der Waals surface area contributed by atoms with E-state index < -0.39 is 0 Å². The first-order valence-electron chi connectivity index (χ1n) is 6.54. The second kappa shape index (κ2) is 6.99. The molecule has 5 nitrogen and oxygen atoms in total. The molecule has 2 aromatic carbocycles. The summed E-state index contributed by atoms with van der Waals surface area (Å²) in [5.41, 5.74) is 9.56. The first-order valence-corrected chi connectivity index (χ1v) is 6.54. The Morgan fingerprint density at radius 2 is 2.05 bits per heavy atom. The van der Waals surface area contributed by atoms with Crippen LogP contribution in [0.5, 0.6) is 0 Å². The van der Waals surface area contributed by atoms with Crippen LogP contribution in [-0.2, 0) is 0 Å². The maximum Gasteiger partial charge on any atom is 0.251 e. The van der Waals surface area contributed by atoms with E-state index in [1.807, 2.05) is 30.3 Å². The predicted octanol–water partition coefficient (Wildman–Crippen LogP) is 3.25. The molecule has 1 N–H and O–H groups in total. The Morgan fingerprint density at radius 1 is 1.29 bits per heavy atom. The van der Waals surface area contributed by atoms with E-state index in [-0.39, 0.29) is 5.91 Å². The third kappa shape index (κ3) is 3.75. The zero-order valence-electron chi connectivity index (χ0n) is 11.4. The molecule has 0 bridgehead atoms. The average molecular weight is 278 g/mol. The highest BCUT2D eigenvalue weighted by molar-refractivity contribution is 5.98. The second-order valence-electron chi connectivity index (χ2n) is 4.48. The Kier molecular flexibility index (Phi) is 4.81. The predicted molar refractivity (Wildman–Crippen MR) is 82.8 cm³/mol. The summed E-state index contributed by atoms with van der Waals surface area (Å²) in [4.78, 5) is 14.7. The quantitative estimate of drug-likeness (QED) is 0.294. The van der Waals surface area contributed by atoms with Gasteiger partial charge in [-0.05, 0) is 47.0 Å². The van der Waals surface area contributed by atoms with E-state index in [0.29, 0.717) is 25.1 Å². The number of carbonyl (C=O) groups is 1.